The van der Waals surface area contributed by atoms with Crippen LogP contribution in [0.15, 0.2) is 73.3 Å². The first-order valence-corrected chi connectivity index (χ1v) is 9.62. The largest absolute Gasteiger partial charge is 0.481 e. The molecule has 2 aromatic carbocycles. The van der Waals surface area contributed by atoms with Gasteiger partial charge in [0.1, 0.15) is 0 Å². The molecule has 0 bridgehead atoms. The average molecular weight is 369 g/mol. The molecule has 0 heterocycles. The molecule has 0 amide bonds. The summed E-state index contributed by atoms with van der Waals surface area (Å²) in [6.07, 6.45) is 10.1. The van der Waals surface area contributed by atoms with Crippen LogP contribution in [0.1, 0.15) is 51.4 Å². The number of carbonyl (C=O) groups is 1. The number of anilines is 2. The van der Waals surface area contributed by atoms with E-state index < -0.39 is 5.97 Å². The highest BCUT2D eigenvalue weighted by atomic mass is 16.4. The Balaban J connectivity index is 0.000000271. The minimum Gasteiger partial charge on any atom is -0.481 e. The normalized spacial score (nSPS) is 9.81. The number of carboxylic acid groups (broad SMARTS) is 1. The predicted molar refractivity (Wildman–Crippen MR) is 114 cm³/mol. The molecule has 0 fully saturated rings. The first kappa shape index (κ1) is 22.5. The van der Waals surface area contributed by atoms with Gasteiger partial charge in [-0.25, -0.2) is 5.84 Å². The zero-order valence-corrected chi connectivity index (χ0v) is 16.1. The molecule has 0 spiro atoms. The summed E-state index contributed by atoms with van der Waals surface area (Å²) in [5.74, 6) is 5.28. The molecule has 0 aliphatic heterocycles. The van der Waals surface area contributed by atoms with Gasteiger partial charge in [-0.1, -0.05) is 68.2 Å². The van der Waals surface area contributed by atoms with Gasteiger partial charge in [0.15, 0.2) is 0 Å². The SMILES string of the molecule is C=CCCCCCCCCC(=O)O.NN(c1ccccc1)c1ccccc1. The van der Waals surface area contributed by atoms with Crippen LogP contribution in [0.3, 0.4) is 0 Å². The average Bonchev–Trinajstić information content (AvgIpc) is 2.71. The molecule has 0 atom stereocenters. The van der Waals surface area contributed by atoms with E-state index in [2.05, 4.69) is 6.58 Å². The van der Waals surface area contributed by atoms with Crippen LogP contribution in [0.25, 0.3) is 0 Å². The van der Waals surface area contributed by atoms with E-state index in [0.29, 0.717) is 6.42 Å². The van der Waals surface area contributed by atoms with E-state index >= 15 is 0 Å². The lowest BCUT2D eigenvalue weighted by Crippen LogP contribution is -2.24. The maximum Gasteiger partial charge on any atom is 0.303 e. The number of nitrogens with zero attached hydrogens (tertiary/aromatic N) is 1. The molecule has 0 radical (unpaired) electrons. The third kappa shape index (κ3) is 10.9. The number of aliphatic carboxylic acids is 1. The zero-order chi connectivity index (χ0) is 19.7. The second-order valence-electron chi connectivity index (χ2n) is 6.38. The Morgan fingerprint density at radius 3 is 1.74 bits per heavy atom. The van der Waals surface area contributed by atoms with E-state index in [-0.39, 0.29) is 0 Å². The summed E-state index contributed by atoms with van der Waals surface area (Å²) in [7, 11) is 0. The molecule has 0 saturated carbocycles. The van der Waals surface area contributed by atoms with Crippen molar-refractivity contribution < 1.29 is 9.90 Å². The monoisotopic (exact) mass is 368 g/mol. The van der Waals surface area contributed by atoms with Crippen LogP contribution in [-0.2, 0) is 4.79 Å². The van der Waals surface area contributed by atoms with Gasteiger partial charge < -0.3 is 5.11 Å². The first-order valence-electron chi connectivity index (χ1n) is 9.62. The molecule has 4 heteroatoms. The highest BCUT2D eigenvalue weighted by molar-refractivity contribution is 5.66. The number of hydrogen-bond donors (Lipinski definition) is 2. The van der Waals surface area contributed by atoms with Gasteiger partial charge in [0.05, 0.1) is 11.4 Å². The molecular formula is C23H32N2O2. The highest BCUT2D eigenvalue weighted by Crippen LogP contribution is 2.20. The van der Waals surface area contributed by atoms with Gasteiger partial charge in [-0.3, -0.25) is 9.80 Å². The summed E-state index contributed by atoms with van der Waals surface area (Å²) in [6, 6.07) is 19.7. The quantitative estimate of drug-likeness (QED) is 0.218. The number of rotatable bonds is 11. The lowest BCUT2D eigenvalue weighted by atomic mass is 10.1. The summed E-state index contributed by atoms with van der Waals surface area (Å²) in [5, 5.41) is 10.0. The van der Waals surface area contributed by atoms with Gasteiger partial charge in [0.25, 0.3) is 0 Å². The summed E-state index contributed by atoms with van der Waals surface area (Å²) >= 11 is 0. The fourth-order valence-electron chi connectivity index (χ4n) is 2.60. The van der Waals surface area contributed by atoms with E-state index in [4.69, 9.17) is 10.9 Å². The van der Waals surface area contributed by atoms with Crippen molar-refractivity contribution in [3.05, 3.63) is 73.3 Å². The number of unbranched alkanes of at least 4 members (excludes halogenated alkanes) is 6. The maximum atomic E-state index is 10.2. The van der Waals surface area contributed by atoms with Crippen LogP contribution in [0, 0.1) is 0 Å². The Morgan fingerprint density at radius 1 is 0.852 bits per heavy atom. The van der Waals surface area contributed by atoms with Gasteiger partial charge in [-0.05, 0) is 43.5 Å². The molecule has 0 aromatic heterocycles. The van der Waals surface area contributed by atoms with Crippen molar-refractivity contribution in [2.45, 2.75) is 51.4 Å². The molecule has 146 valence electrons. The fourth-order valence-corrected chi connectivity index (χ4v) is 2.60. The summed E-state index contributed by atoms with van der Waals surface area (Å²) in [5.41, 5.74) is 1.97. The predicted octanol–water partition coefficient (Wildman–Crippen LogP) is 6.08. The first-order chi connectivity index (χ1) is 13.1. The van der Waals surface area contributed by atoms with Gasteiger partial charge in [0.2, 0.25) is 0 Å². The van der Waals surface area contributed by atoms with E-state index in [9.17, 15) is 4.79 Å². The number of allylic oxidation sites excluding steroid dienone is 1. The van der Waals surface area contributed by atoms with E-state index in [0.717, 1.165) is 30.6 Å². The number of benzene rings is 2. The van der Waals surface area contributed by atoms with E-state index in [1.807, 2.05) is 66.7 Å². The van der Waals surface area contributed by atoms with Crippen LogP contribution in [0.5, 0.6) is 0 Å². The topological polar surface area (TPSA) is 66.6 Å². The molecule has 0 aliphatic carbocycles. The Bertz CT molecular complexity index is 590. The standard InChI is InChI=1S/C12H12N2.C11H20O2/c13-14(11-7-3-1-4-8-11)12-9-5-2-6-10-12;1-2-3-4-5-6-7-8-9-10-11(12)13/h1-10H,13H2;2H,1,3-10H2,(H,12,13). The molecule has 4 nitrogen and oxygen atoms in total. The number of para-hydroxylation sites is 2. The van der Waals surface area contributed by atoms with Crippen LogP contribution in [-0.4, -0.2) is 11.1 Å². The van der Waals surface area contributed by atoms with Crippen molar-refractivity contribution in [3.8, 4) is 0 Å². The smallest absolute Gasteiger partial charge is 0.303 e. The lowest BCUT2D eigenvalue weighted by molar-refractivity contribution is -0.137. The molecule has 27 heavy (non-hydrogen) atoms. The van der Waals surface area contributed by atoms with Crippen LogP contribution in [0.4, 0.5) is 11.4 Å². The van der Waals surface area contributed by atoms with Crippen molar-refractivity contribution in [1.82, 2.24) is 0 Å². The fraction of sp³-hybridized carbons (Fsp3) is 0.348. The third-order valence-electron chi connectivity index (χ3n) is 4.12. The van der Waals surface area contributed by atoms with Gasteiger partial charge in [-0.2, -0.15) is 0 Å². The van der Waals surface area contributed by atoms with Crippen LogP contribution < -0.4 is 10.9 Å². The Labute approximate surface area is 163 Å². The van der Waals surface area contributed by atoms with Gasteiger partial charge in [0, 0.05) is 6.42 Å². The molecule has 0 aliphatic rings. The summed E-state index contributed by atoms with van der Waals surface area (Å²) < 4.78 is 0. The molecule has 2 aromatic rings. The minimum absolute atomic E-state index is 0.326. The summed E-state index contributed by atoms with van der Waals surface area (Å²) in [4.78, 5) is 10.2. The minimum atomic E-state index is -0.674. The van der Waals surface area contributed by atoms with Crippen LogP contribution in [0.2, 0.25) is 0 Å². The Kier molecular flexibility index (Phi) is 12.1. The molecule has 0 unspecified atom stereocenters. The zero-order valence-electron chi connectivity index (χ0n) is 16.1. The maximum absolute atomic E-state index is 10.2. The second kappa shape index (κ2) is 14.6. The number of nitrogens with two attached hydrogens (primary N) is 1. The molecule has 2 rings (SSSR count). The van der Waals surface area contributed by atoms with E-state index in [1.54, 1.807) is 5.01 Å². The number of hydrazine groups is 1. The molecular weight excluding hydrogens is 336 g/mol. The van der Waals surface area contributed by atoms with Crippen LogP contribution >= 0.6 is 0 Å². The van der Waals surface area contributed by atoms with Crippen molar-refractivity contribution in [2.75, 3.05) is 5.01 Å². The van der Waals surface area contributed by atoms with Crippen molar-refractivity contribution in [3.63, 3.8) is 0 Å². The molecule has 0 saturated heterocycles. The third-order valence-corrected chi connectivity index (χ3v) is 4.12. The van der Waals surface area contributed by atoms with Crippen molar-refractivity contribution >= 4 is 17.3 Å². The Hall–Kier alpha value is -2.59. The van der Waals surface area contributed by atoms with Gasteiger partial charge in [-0.15, -0.1) is 6.58 Å². The van der Waals surface area contributed by atoms with Gasteiger partial charge >= 0.3 is 5.97 Å². The summed E-state index contributed by atoms with van der Waals surface area (Å²) in [6.45, 7) is 3.66. The number of carboxylic acids is 1. The number of hydrogen-bond acceptors (Lipinski definition) is 3. The Morgan fingerprint density at radius 2 is 1.30 bits per heavy atom. The second-order valence-corrected chi connectivity index (χ2v) is 6.38. The highest BCUT2D eigenvalue weighted by Gasteiger charge is 2.01. The molecule has 3 N–H and O–H groups in total. The van der Waals surface area contributed by atoms with Crippen molar-refractivity contribution in [2.24, 2.45) is 5.84 Å². The van der Waals surface area contributed by atoms with Crippen molar-refractivity contribution in [1.29, 1.82) is 0 Å². The lowest BCUT2D eigenvalue weighted by Gasteiger charge is -2.18. The van der Waals surface area contributed by atoms with E-state index in [1.165, 1.54) is 25.7 Å².